The molecule has 1 heterocycles. The minimum absolute atomic E-state index is 0.894. The molecule has 0 saturated heterocycles. The van der Waals surface area contributed by atoms with Crippen LogP contribution in [-0.2, 0) is 6.42 Å². The molecule has 0 atom stereocenters. The van der Waals surface area contributed by atoms with Crippen molar-refractivity contribution < 1.29 is 4.74 Å². The van der Waals surface area contributed by atoms with Gasteiger partial charge in [-0.15, -0.1) is 0 Å². The fourth-order valence-corrected chi connectivity index (χ4v) is 1.57. The van der Waals surface area contributed by atoms with Crippen LogP contribution >= 0.6 is 0 Å². The molecule has 1 aromatic carbocycles. The number of hydrogen-bond acceptors (Lipinski definition) is 2. The standard InChI is InChI=1S/C12H13NO/c1-3-9-4-5-11-10(8-9)12(14-2)6-7-13-11/h4-8H,3H2,1-2H3. The van der Waals surface area contributed by atoms with Gasteiger partial charge in [-0.1, -0.05) is 13.0 Å². The normalized spacial score (nSPS) is 10.4. The van der Waals surface area contributed by atoms with E-state index in [0.29, 0.717) is 0 Å². The van der Waals surface area contributed by atoms with Crippen molar-refractivity contribution in [1.82, 2.24) is 4.98 Å². The molecule has 0 spiro atoms. The van der Waals surface area contributed by atoms with Gasteiger partial charge in [-0.3, -0.25) is 4.98 Å². The topological polar surface area (TPSA) is 22.1 Å². The molecular weight excluding hydrogens is 174 g/mol. The predicted octanol–water partition coefficient (Wildman–Crippen LogP) is 2.81. The molecule has 0 unspecified atom stereocenters. The molecule has 72 valence electrons. The third-order valence-electron chi connectivity index (χ3n) is 2.39. The molecule has 2 aromatic rings. The average Bonchev–Trinajstić information content (AvgIpc) is 2.27. The van der Waals surface area contributed by atoms with E-state index in [1.54, 1.807) is 13.3 Å². The number of methoxy groups -OCH3 is 1. The van der Waals surface area contributed by atoms with E-state index in [9.17, 15) is 0 Å². The maximum atomic E-state index is 5.29. The number of aromatic nitrogens is 1. The van der Waals surface area contributed by atoms with Crippen molar-refractivity contribution in [3.8, 4) is 5.75 Å². The van der Waals surface area contributed by atoms with Gasteiger partial charge in [0.25, 0.3) is 0 Å². The molecule has 0 aliphatic rings. The quantitative estimate of drug-likeness (QED) is 0.721. The number of rotatable bonds is 2. The third kappa shape index (κ3) is 1.43. The zero-order valence-electron chi connectivity index (χ0n) is 8.45. The van der Waals surface area contributed by atoms with Gasteiger partial charge in [0.1, 0.15) is 5.75 Å². The van der Waals surface area contributed by atoms with Crippen LogP contribution < -0.4 is 4.74 Å². The average molecular weight is 187 g/mol. The van der Waals surface area contributed by atoms with Crippen molar-refractivity contribution in [2.45, 2.75) is 13.3 Å². The van der Waals surface area contributed by atoms with Crippen molar-refractivity contribution >= 4 is 10.9 Å². The van der Waals surface area contributed by atoms with Gasteiger partial charge in [0.15, 0.2) is 0 Å². The second kappa shape index (κ2) is 3.66. The molecule has 0 aliphatic carbocycles. The highest BCUT2D eigenvalue weighted by Crippen LogP contribution is 2.24. The van der Waals surface area contributed by atoms with Crippen molar-refractivity contribution in [2.24, 2.45) is 0 Å². The van der Waals surface area contributed by atoms with E-state index in [1.807, 2.05) is 12.1 Å². The Morgan fingerprint density at radius 3 is 2.86 bits per heavy atom. The molecule has 0 saturated carbocycles. The summed E-state index contributed by atoms with van der Waals surface area (Å²) in [5.41, 5.74) is 2.30. The molecule has 0 amide bonds. The molecule has 0 fully saturated rings. The SMILES string of the molecule is CCc1ccc2nccc(OC)c2c1. The summed E-state index contributed by atoms with van der Waals surface area (Å²) in [7, 11) is 1.69. The maximum Gasteiger partial charge on any atom is 0.129 e. The molecule has 2 rings (SSSR count). The Bertz CT molecular complexity index is 451. The monoisotopic (exact) mass is 187 g/mol. The number of ether oxygens (including phenoxy) is 1. The fourth-order valence-electron chi connectivity index (χ4n) is 1.57. The summed E-state index contributed by atoms with van der Waals surface area (Å²) in [4.78, 5) is 4.29. The van der Waals surface area contributed by atoms with Crippen LogP contribution in [0.2, 0.25) is 0 Å². The second-order valence-corrected chi connectivity index (χ2v) is 3.22. The van der Waals surface area contributed by atoms with Gasteiger partial charge in [-0.2, -0.15) is 0 Å². The zero-order valence-corrected chi connectivity index (χ0v) is 8.45. The van der Waals surface area contributed by atoms with Crippen LogP contribution in [0.5, 0.6) is 5.75 Å². The van der Waals surface area contributed by atoms with Crippen molar-refractivity contribution in [2.75, 3.05) is 7.11 Å². The summed E-state index contributed by atoms with van der Waals surface area (Å²) < 4.78 is 5.29. The number of nitrogens with zero attached hydrogens (tertiary/aromatic N) is 1. The van der Waals surface area contributed by atoms with Crippen LogP contribution in [0.3, 0.4) is 0 Å². The number of hydrogen-bond donors (Lipinski definition) is 0. The lowest BCUT2D eigenvalue weighted by Crippen LogP contribution is -1.88. The van der Waals surface area contributed by atoms with E-state index in [-0.39, 0.29) is 0 Å². The lowest BCUT2D eigenvalue weighted by atomic mass is 10.1. The van der Waals surface area contributed by atoms with Gasteiger partial charge in [0, 0.05) is 11.6 Å². The van der Waals surface area contributed by atoms with Crippen molar-refractivity contribution in [3.05, 3.63) is 36.0 Å². The van der Waals surface area contributed by atoms with Crippen LogP contribution in [0.25, 0.3) is 10.9 Å². The zero-order chi connectivity index (χ0) is 9.97. The van der Waals surface area contributed by atoms with Gasteiger partial charge in [-0.05, 0) is 30.2 Å². The molecule has 0 N–H and O–H groups in total. The van der Waals surface area contributed by atoms with E-state index in [4.69, 9.17) is 4.74 Å². The molecule has 0 radical (unpaired) electrons. The highest BCUT2D eigenvalue weighted by molar-refractivity contribution is 5.85. The summed E-state index contributed by atoms with van der Waals surface area (Å²) in [6.07, 6.45) is 2.81. The molecule has 2 nitrogen and oxygen atoms in total. The number of pyridine rings is 1. The Kier molecular flexibility index (Phi) is 2.35. The highest BCUT2D eigenvalue weighted by atomic mass is 16.5. The Hall–Kier alpha value is -1.57. The minimum atomic E-state index is 0.894. The molecule has 14 heavy (non-hydrogen) atoms. The number of aryl methyl sites for hydroxylation is 1. The Morgan fingerprint density at radius 1 is 1.29 bits per heavy atom. The maximum absolute atomic E-state index is 5.29. The van der Waals surface area contributed by atoms with E-state index in [1.165, 1.54) is 5.56 Å². The molecule has 1 aromatic heterocycles. The van der Waals surface area contributed by atoms with Crippen LogP contribution in [-0.4, -0.2) is 12.1 Å². The first-order valence-electron chi connectivity index (χ1n) is 4.76. The summed E-state index contributed by atoms with van der Waals surface area (Å²) in [5, 5.41) is 1.09. The van der Waals surface area contributed by atoms with E-state index in [2.05, 4.69) is 24.0 Å². The summed E-state index contributed by atoms with van der Waals surface area (Å²) in [6, 6.07) is 8.17. The smallest absolute Gasteiger partial charge is 0.129 e. The first-order valence-corrected chi connectivity index (χ1v) is 4.76. The molecule has 0 aliphatic heterocycles. The first-order chi connectivity index (χ1) is 6.85. The van der Waals surface area contributed by atoms with E-state index >= 15 is 0 Å². The van der Waals surface area contributed by atoms with Crippen LogP contribution in [0, 0.1) is 0 Å². The Labute approximate surface area is 83.5 Å². The second-order valence-electron chi connectivity index (χ2n) is 3.22. The first kappa shape index (κ1) is 9.00. The van der Waals surface area contributed by atoms with Crippen LogP contribution in [0.15, 0.2) is 30.5 Å². The minimum Gasteiger partial charge on any atom is -0.496 e. The molecular formula is C12H13NO. The van der Waals surface area contributed by atoms with Gasteiger partial charge in [0.2, 0.25) is 0 Å². The fraction of sp³-hybridized carbons (Fsp3) is 0.250. The van der Waals surface area contributed by atoms with E-state index < -0.39 is 0 Å². The Morgan fingerprint density at radius 2 is 2.14 bits per heavy atom. The summed E-state index contributed by atoms with van der Waals surface area (Å²) in [5.74, 6) is 0.894. The number of fused-ring (bicyclic) bond motifs is 1. The van der Waals surface area contributed by atoms with Crippen LogP contribution in [0.4, 0.5) is 0 Å². The largest absolute Gasteiger partial charge is 0.496 e. The van der Waals surface area contributed by atoms with Gasteiger partial charge < -0.3 is 4.74 Å². The van der Waals surface area contributed by atoms with Gasteiger partial charge in [0.05, 0.1) is 12.6 Å². The highest BCUT2D eigenvalue weighted by Gasteiger charge is 2.01. The Balaban J connectivity index is 2.70. The third-order valence-corrected chi connectivity index (χ3v) is 2.39. The summed E-state index contributed by atoms with van der Waals surface area (Å²) in [6.45, 7) is 2.14. The van der Waals surface area contributed by atoms with Gasteiger partial charge >= 0.3 is 0 Å². The predicted molar refractivity (Wildman–Crippen MR) is 57.7 cm³/mol. The van der Waals surface area contributed by atoms with Crippen molar-refractivity contribution in [3.63, 3.8) is 0 Å². The molecule has 2 heteroatoms. The molecule has 0 bridgehead atoms. The summed E-state index contributed by atoms with van der Waals surface area (Å²) >= 11 is 0. The van der Waals surface area contributed by atoms with E-state index in [0.717, 1.165) is 23.1 Å². The number of benzene rings is 1. The lowest BCUT2D eigenvalue weighted by Gasteiger charge is -2.05. The van der Waals surface area contributed by atoms with Crippen LogP contribution in [0.1, 0.15) is 12.5 Å². The lowest BCUT2D eigenvalue weighted by molar-refractivity contribution is 0.419. The van der Waals surface area contributed by atoms with Crippen molar-refractivity contribution in [1.29, 1.82) is 0 Å². The van der Waals surface area contributed by atoms with Gasteiger partial charge in [-0.25, -0.2) is 0 Å².